The molecule has 0 rings (SSSR count). The van der Waals surface area contributed by atoms with Crippen LogP contribution >= 0.6 is 0 Å². The third kappa shape index (κ3) is 9.00. The van der Waals surface area contributed by atoms with E-state index in [-0.39, 0.29) is 6.42 Å². The highest BCUT2D eigenvalue weighted by Crippen LogP contribution is 2.02. The highest BCUT2D eigenvalue weighted by Gasteiger charge is 1.95. The molecule has 0 aromatic carbocycles. The summed E-state index contributed by atoms with van der Waals surface area (Å²) in [6.07, 6.45) is 6.13. The van der Waals surface area contributed by atoms with Crippen molar-refractivity contribution >= 4 is 5.97 Å². The highest BCUT2D eigenvalue weighted by atomic mass is 16.4. The zero-order valence-corrected chi connectivity index (χ0v) is 8.75. The van der Waals surface area contributed by atoms with Gasteiger partial charge in [-0.25, -0.2) is 0 Å². The Balaban J connectivity index is 3.21. The molecule has 0 heterocycles. The number of hydrogen-bond donors (Lipinski definition) is 2. The third-order valence-corrected chi connectivity index (χ3v) is 1.77. The number of carbonyl (C=O) groups is 1. The van der Waals surface area contributed by atoms with Gasteiger partial charge in [0, 0.05) is 6.54 Å². The van der Waals surface area contributed by atoms with Gasteiger partial charge in [0.1, 0.15) is 0 Å². The maximum Gasteiger partial charge on any atom is 0.304 e. The largest absolute Gasteiger partial charge is 0.481 e. The van der Waals surface area contributed by atoms with Gasteiger partial charge in [0.15, 0.2) is 0 Å². The van der Waals surface area contributed by atoms with Crippen LogP contribution in [-0.2, 0) is 4.79 Å². The van der Waals surface area contributed by atoms with Gasteiger partial charge in [-0.15, -0.1) is 0 Å². The molecular weight excluding hydrogens is 178 g/mol. The monoisotopic (exact) mass is 197 g/mol. The molecule has 0 aliphatic heterocycles. The second-order valence-corrected chi connectivity index (χ2v) is 3.16. The van der Waals surface area contributed by atoms with E-state index in [9.17, 15) is 4.79 Å². The Morgan fingerprint density at radius 1 is 1.43 bits per heavy atom. The molecule has 0 unspecified atom stereocenters. The lowest BCUT2D eigenvalue weighted by atomic mass is 10.1. The molecule has 0 aromatic rings. The second kappa shape index (κ2) is 8.51. The number of nitrogens with one attached hydrogen (secondary N) is 1. The number of carboxylic acids is 1. The maximum atomic E-state index is 10.2. The molecule has 3 nitrogen and oxygen atoms in total. The highest BCUT2D eigenvalue weighted by molar-refractivity contribution is 5.66. The topological polar surface area (TPSA) is 49.3 Å². The van der Waals surface area contributed by atoms with Gasteiger partial charge in [0.2, 0.25) is 0 Å². The summed E-state index contributed by atoms with van der Waals surface area (Å²) in [4.78, 5) is 10.2. The van der Waals surface area contributed by atoms with E-state index in [0.29, 0.717) is 6.54 Å². The van der Waals surface area contributed by atoms with Crippen LogP contribution < -0.4 is 5.32 Å². The van der Waals surface area contributed by atoms with Crippen LogP contribution in [0.5, 0.6) is 0 Å². The van der Waals surface area contributed by atoms with Gasteiger partial charge in [-0.05, 0) is 26.3 Å². The summed E-state index contributed by atoms with van der Waals surface area (Å²) >= 11 is 0. The van der Waals surface area contributed by atoms with Crippen LogP contribution in [0.15, 0.2) is 24.3 Å². The Bertz CT molecular complexity index is 209. The number of allylic oxidation sites excluding steroid dienone is 3. The van der Waals surface area contributed by atoms with Crippen molar-refractivity contribution in [1.29, 1.82) is 0 Å². The smallest absolute Gasteiger partial charge is 0.304 e. The van der Waals surface area contributed by atoms with Gasteiger partial charge in [0.25, 0.3) is 0 Å². The molecule has 2 N–H and O–H groups in total. The Morgan fingerprint density at radius 2 is 2.14 bits per heavy atom. The molecule has 0 aliphatic carbocycles. The van der Waals surface area contributed by atoms with Gasteiger partial charge in [-0.3, -0.25) is 4.79 Å². The van der Waals surface area contributed by atoms with Crippen molar-refractivity contribution in [2.75, 3.05) is 13.1 Å². The van der Waals surface area contributed by atoms with Crippen LogP contribution in [0.2, 0.25) is 0 Å². The van der Waals surface area contributed by atoms with Gasteiger partial charge < -0.3 is 10.4 Å². The summed E-state index contributed by atoms with van der Waals surface area (Å²) in [5.74, 6) is -0.754. The third-order valence-electron chi connectivity index (χ3n) is 1.77. The second-order valence-electron chi connectivity index (χ2n) is 3.16. The van der Waals surface area contributed by atoms with E-state index in [2.05, 4.69) is 11.9 Å². The fourth-order valence-corrected chi connectivity index (χ4v) is 1.08. The summed E-state index contributed by atoms with van der Waals surface area (Å²) in [5.41, 5.74) is 1.12. The quantitative estimate of drug-likeness (QED) is 0.462. The summed E-state index contributed by atoms with van der Waals surface area (Å²) in [5, 5.41) is 11.4. The van der Waals surface area contributed by atoms with Crippen LogP contribution in [0.25, 0.3) is 0 Å². The van der Waals surface area contributed by atoms with Crippen molar-refractivity contribution in [3.05, 3.63) is 24.3 Å². The minimum atomic E-state index is -0.754. The lowest BCUT2D eigenvalue weighted by Gasteiger charge is -2.02. The molecule has 0 spiro atoms. The average Bonchev–Trinajstić information content (AvgIpc) is 2.11. The molecule has 0 aliphatic rings. The molecule has 3 heteroatoms. The summed E-state index contributed by atoms with van der Waals surface area (Å²) in [7, 11) is 0. The van der Waals surface area contributed by atoms with Gasteiger partial charge in [0.05, 0.1) is 6.42 Å². The van der Waals surface area contributed by atoms with Crippen molar-refractivity contribution in [2.45, 2.75) is 26.2 Å². The van der Waals surface area contributed by atoms with Gasteiger partial charge >= 0.3 is 5.97 Å². The first-order valence-electron chi connectivity index (χ1n) is 4.89. The molecule has 0 amide bonds. The number of rotatable bonds is 8. The van der Waals surface area contributed by atoms with Crippen molar-refractivity contribution in [3.63, 3.8) is 0 Å². The molecule has 0 saturated heterocycles. The van der Waals surface area contributed by atoms with Crippen LogP contribution in [0.4, 0.5) is 0 Å². The van der Waals surface area contributed by atoms with E-state index < -0.39 is 5.97 Å². The normalized spacial score (nSPS) is 10.6. The zero-order valence-electron chi connectivity index (χ0n) is 8.75. The predicted molar refractivity (Wildman–Crippen MR) is 58.3 cm³/mol. The van der Waals surface area contributed by atoms with Crippen molar-refractivity contribution in [1.82, 2.24) is 5.32 Å². The summed E-state index contributed by atoms with van der Waals surface area (Å²) in [6, 6.07) is 0. The Hall–Kier alpha value is -1.09. The Labute approximate surface area is 85.5 Å². The minimum Gasteiger partial charge on any atom is -0.481 e. The van der Waals surface area contributed by atoms with Gasteiger partial charge in [-0.2, -0.15) is 0 Å². The van der Waals surface area contributed by atoms with Crippen molar-refractivity contribution in [3.8, 4) is 0 Å². The van der Waals surface area contributed by atoms with Crippen LogP contribution in [0, 0.1) is 0 Å². The number of carboxylic acid groups (broad SMARTS) is 1. The van der Waals surface area contributed by atoms with E-state index in [1.165, 1.54) is 0 Å². The van der Waals surface area contributed by atoms with Crippen LogP contribution in [0.1, 0.15) is 26.2 Å². The average molecular weight is 197 g/mol. The lowest BCUT2D eigenvalue weighted by molar-refractivity contribution is -0.136. The molecule has 0 radical (unpaired) electrons. The molecule has 0 aromatic heterocycles. The SMILES string of the molecule is C=C(/C=C\C)CCCNCCC(=O)O. The van der Waals surface area contributed by atoms with E-state index >= 15 is 0 Å². The predicted octanol–water partition coefficient (Wildman–Crippen LogP) is 1.96. The first-order chi connectivity index (χ1) is 6.66. The molecule has 0 fully saturated rings. The lowest BCUT2D eigenvalue weighted by Crippen LogP contribution is -2.19. The first-order valence-corrected chi connectivity index (χ1v) is 4.89. The molecular formula is C11H19NO2. The maximum absolute atomic E-state index is 10.2. The standard InChI is InChI=1S/C11H19NO2/c1-3-5-10(2)6-4-8-12-9-7-11(13)14/h3,5,12H,2,4,6-9H2,1H3,(H,13,14)/b5-3-. The molecule has 80 valence electrons. The van der Waals surface area contributed by atoms with E-state index in [4.69, 9.17) is 5.11 Å². The molecule has 0 atom stereocenters. The fourth-order valence-electron chi connectivity index (χ4n) is 1.08. The van der Waals surface area contributed by atoms with Crippen LogP contribution in [-0.4, -0.2) is 24.2 Å². The molecule has 14 heavy (non-hydrogen) atoms. The zero-order chi connectivity index (χ0) is 10.8. The fraction of sp³-hybridized carbons (Fsp3) is 0.545. The van der Waals surface area contributed by atoms with E-state index in [1.54, 1.807) is 0 Å². The van der Waals surface area contributed by atoms with E-state index in [0.717, 1.165) is 25.0 Å². The van der Waals surface area contributed by atoms with Crippen molar-refractivity contribution < 1.29 is 9.90 Å². The number of hydrogen-bond acceptors (Lipinski definition) is 2. The first kappa shape index (κ1) is 12.9. The summed E-state index contributed by atoms with van der Waals surface area (Å²) in [6.45, 7) is 7.25. The van der Waals surface area contributed by atoms with Crippen LogP contribution in [0.3, 0.4) is 0 Å². The molecule has 0 saturated carbocycles. The number of aliphatic carboxylic acids is 1. The van der Waals surface area contributed by atoms with Crippen molar-refractivity contribution in [2.24, 2.45) is 0 Å². The van der Waals surface area contributed by atoms with Gasteiger partial charge in [-0.1, -0.05) is 24.3 Å². The Kier molecular flexibility index (Phi) is 7.84. The van der Waals surface area contributed by atoms with E-state index in [1.807, 2.05) is 19.1 Å². The summed E-state index contributed by atoms with van der Waals surface area (Å²) < 4.78 is 0. The Morgan fingerprint density at radius 3 is 2.71 bits per heavy atom. The minimum absolute atomic E-state index is 0.190. The molecule has 0 bridgehead atoms.